The van der Waals surface area contributed by atoms with E-state index in [0.29, 0.717) is 24.5 Å². The number of fused-ring (bicyclic) bond motifs is 1. The average molecular weight is 870 g/mol. The first kappa shape index (κ1) is 43.0. The molecule has 5 aromatic rings. The first-order valence-corrected chi connectivity index (χ1v) is 20.4. The number of halogens is 7. The van der Waals surface area contributed by atoms with E-state index in [4.69, 9.17) is 18.9 Å². The summed E-state index contributed by atoms with van der Waals surface area (Å²) in [5.74, 6) is -0.230. The number of aryl methyl sites for hydroxylation is 1. The van der Waals surface area contributed by atoms with Gasteiger partial charge in [-0.25, -0.2) is 27.5 Å². The normalized spacial score (nSPS) is 20.0. The Balaban J connectivity index is 1.29. The van der Waals surface area contributed by atoms with E-state index >= 15 is 17.6 Å². The molecule has 2 saturated heterocycles. The van der Waals surface area contributed by atoms with Crippen molar-refractivity contribution in [1.82, 2.24) is 24.8 Å². The number of nitrogens with zero attached hydrogens (tertiary/aromatic N) is 7. The fraction of sp³-hybridized carbons (Fsp3) is 0.455. The number of hydrogen-bond donors (Lipinski definition) is 0. The van der Waals surface area contributed by atoms with E-state index in [0.717, 1.165) is 23.6 Å². The first-order valence-electron chi connectivity index (χ1n) is 20.4. The Hall–Kier alpha value is -5.65. The van der Waals surface area contributed by atoms with Crippen LogP contribution in [-0.4, -0.2) is 96.1 Å². The highest BCUT2D eigenvalue weighted by molar-refractivity contribution is 5.97. The van der Waals surface area contributed by atoms with Gasteiger partial charge in [0.05, 0.1) is 37.1 Å². The third-order valence-electron chi connectivity index (χ3n) is 11.9. The van der Waals surface area contributed by atoms with Gasteiger partial charge in [0.2, 0.25) is 12.3 Å². The molecule has 0 aliphatic carbocycles. The Morgan fingerprint density at radius 3 is 2.23 bits per heavy atom. The lowest BCUT2D eigenvalue weighted by atomic mass is 9.95. The number of methoxy groups -OCH3 is 2. The molecule has 3 atom stereocenters. The maximum Gasteiger partial charge on any atom is 0.418 e. The lowest BCUT2D eigenvalue weighted by Crippen LogP contribution is -2.43. The number of hydrogen-bond acceptors (Lipinski definition) is 11. The summed E-state index contributed by atoms with van der Waals surface area (Å²) in [5.41, 5.74) is -2.56. The molecule has 2 fully saturated rings. The highest BCUT2D eigenvalue weighted by atomic mass is 19.4. The summed E-state index contributed by atoms with van der Waals surface area (Å²) in [4.78, 5) is 23.2. The molecule has 0 radical (unpaired) electrons. The maximum atomic E-state index is 17.5. The molecule has 3 aromatic heterocycles. The number of rotatable bonds is 14. The molecule has 0 bridgehead atoms. The summed E-state index contributed by atoms with van der Waals surface area (Å²) in [7, 11) is 3.07. The number of anilines is 2. The van der Waals surface area contributed by atoms with Crippen molar-refractivity contribution in [3.8, 4) is 34.6 Å². The molecule has 8 rings (SSSR count). The minimum atomic E-state index is -5.02. The van der Waals surface area contributed by atoms with Gasteiger partial charge < -0.3 is 28.7 Å². The molecule has 330 valence electrons. The summed E-state index contributed by atoms with van der Waals surface area (Å²) in [6.45, 7) is 3.75. The second-order valence-electron chi connectivity index (χ2n) is 16.1. The Bertz CT molecular complexity index is 2360. The Kier molecular flexibility index (Phi) is 12.0. The molecule has 62 heavy (non-hydrogen) atoms. The lowest BCUT2D eigenvalue weighted by molar-refractivity contribution is -0.137. The second kappa shape index (κ2) is 17.3. The molecule has 2 aromatic carbocycles. The van der Waals surface area contributed by atoms with Gasteiger partial charge in [-0.05, 0) is 74.7 Å². The number of aromatic nitrogens is 4. The molecule has 3 aliphatic heterocycles. The molecule has 0 N–H and O–H groups in total. The van der Waals surface area contributed by atoms with Gasteiger partial charge in [-0.15, -0.1) is 0 Å². The third-order valence-corrected chi connectivity index (χ3v) is 11.9. The van der Waals surface area contributed by atoms with E-state index in [9.17, 15) is 13.2 Å². The topological polar surface area (TPSA) is 98.2 Å². The van der Waals surface area contributed by atoms with Gasteiger partial charge in [0, 0.05) is 44.6 Å². The summed E-state index contributed by atoms with van der Waals surface area (Å²) in [5, 5.41) is -0.109. The van der Waals surface area contributed by atoms with Crippen LogP contribution in [-0.2, 0) is 19.3 Å². The predicted octanol–water partition coefficient (Wildman–Crippen LogP) is 8.97. The largest absolute Gasteiger partial charge is 0.497 e. The Morgan fingerprint density at radius 2 is 1.61 bits per heavy atom. The van der Waals surface area contributed by atoms with Crippen LogP contribution in [0.5, 0.6) is 23.4 Å². The number of benzene rings is 2. The summed E-state index contributed by atoms with van der Waals surface area (Å²) >= 11 is 0. The fourth-order valence-electron chi connectivity index (χ4n) is 8.85. The zero-order chi connectivity index (χ0) is 43.9. The molecule has 0 unspecified atom stereocenters. The third kappa shape index (κ3) is 8.57. The van der Waals surface area contributed by atoms with E-state index in [-0.39, 0.29) is 74.7 Å². The fourth-order valence-corrected chi connectivity index (χ4v) is 8.85. The number of ether oxygens (including phenoxy) is 4. The van der Waals surface area contributed by atoms with Crippen molar-refractivity contribution >= 4 is 22.5 Å². The van der Waals surface area contributed by atoms with Crippen LogP contribution >= 0.6 is 0 Å². The molecule has 0 spiro atoms. The van der Waals surface area contributed by atoms with Crippen molar-refractivity contribution in [2.45, 2.75) is 83.0 Å². The Morgan fingerprint density at radius 1 is 0.952 bits per heavy atom. The van der Waals surface area contributed by atoms with Gasteiger partial charge in [0.15, 0.2) is 5.82 Å². The minimum Gasteiger partial charge on any atom is -0.497 e. The number of pyridine rings is 2. The molecular weight excluding hydrogens is 824 g/mol. The standard InChI is InChI=1S/C44H46F7N7O4/c1-25-23-61-41-35-39(54-42(55-40(35)58(25)17-14-33(46)47)62-24-43-15-5-16-57(43)22-29(45)19-43)37(48)38(53-41)32-18-34(52-26(2)36(32)44(49,50)51)56(20-27-6-10-30(59-3)11-7-27)21-28-8-12-31(60-4)13-9-28/h6-13,18,25,29,33H,5,14-17,19-24H2,1-4H3/t25-,29+,43-/m0/s1. The highest BCUT2D eigenvalue weighted by Gasteiger charge is 2.49. The zero-order valence-corrected chi connectivity index (χ0v) is 34.6. The van der Waals surface area contributed by atoms with Crippen LogP contribution in [0.1, 0.15) is 55.0 Å². The lowest BCUT2D eigenvalue weighted by Gasteiger charge is -2.31. The molecule has 0 saturated carbocycles. The van der Waals surface area contributed by atoms with Crippen LogP contribution in [0.25, 0.3) is 22.2 Å². The first-order chi connectivity index (χ1) is 29.7. The van der Waals surface area contributed by atoms with Crippen molar-refractivity contribution in [3.05, 3.63) is 82.8 Å². The predicted molar refractivity (Wildman–Crippen MR) is 218 cm³/mol. The molecular formula is C44H46F7N7O4. The van der Waals surface area contributed by atoms with Gasteiger partial charge >= 0.3 is 12.2 Å². The second-order valence-corrected chi connectivity index (χ2v) is 16.1. The molecule has 0 amide bonds. The summed E-state index contributed by atoms with van der Waals surface area (Å²) in [6, 6.07) is 14.5. The van der Waals surface area contributed by atoms with Crippen LogP contribution < -0.4 is 28.7 Å². The molecule has 18 heteroatoms. The van der Waals surface area contributed by atoms with Crippen molar-refractivity contribution in [2.75, 3.05) is 56.9 Å². The van der Waals surface area contributed by atoms with Gasteiger partial charge in [0.25, 0.3) is 0 Å². The minimum absolute atomic E-state index is 0.0213. The summed E-state index contributed by atoms with van der Waals surface area (Å²) in [6.07, 6.45) is -7.67. The van der Waals surface area contributed by atoms with Crippen LogP contribution in [0.2, 0.25) is 0 Å². The van der Waals surface area contributed by atoms with Gasteiger partial charge in [0.1, 0.15) is 59.1 Å². The van der Waals surface area contributed by atoms with Crippen LogP contribution in [0.15, 0.2) is 54.6 Å². The smallest absolute Gasteiger partial charge is 0.418 e. The van der Waals surface area contributed by atoms with E-state index in [1.807, 2.05) is 29.2 Å². The van der Waals surface area contributed by atoms with Crippen LogP contribution in [0, 0.1) is 12.7 Å². The SMILES string of the molecule is COc1ccc(CN(Cc2ccc(OC)cc2)c2cc(-c3nc4c5c(nc(OC[C@@]67CCCN6C[C@H](F)C7)nc5c3F)N(CCC(F)F)[C@@H](C)CO4)c(C(F)(F)F)c(C)n2)cc1. The molecule has 11 nitrogen and oxygen atoms in total. The highest BCUT2D eigenvalue weighted by Crippen LogP contribution is 2.46. The zero-order valence-electron chi connectivity index (χ0n) is 34.6. The van der Waals surface area contributed by atoms with Gasteiger partial charge in [-0.2, -0.15) is 23.1 Å². The monoisotopic (exact) mass is 869 g/mol. The average Bonchev–Trinajstić information content (AvgIpc) is 3.73. The number of alkyl halides is 6. The van der Waals surface area contributed by atoms with Crippen molar-refractivity contribution in [3.63, 3.8) is 0 Å². The van der Waals surface area contributed by atoms with E-state index in [1.54, 1.807) is 36.1 Å². The summed E-state index contributed by atoms with van der Waals surface area (Å²) < 4.78 is 128. The van der Waals surface area contributed by atoms with Crippen molar-refractivity contribution < 1.29 is 49.7 Å². The van der Waals surface area contributed by atoms with Crippen molar-refractivity contribution in [2.24, 2.45) is 0 Å². The maximum absolute atomic E-state index is 17.5. The quantitative estimate of drug-likeness (QED) is 0.100. The van der Waals surface area contributed by atoms with E-state index in [1.165, 1.54) is 26.0 Å². The molecule has 3 aliphatic rings. The van der Waals surface area contributed by atoms with Crippen molar-refractivity contribution in [1.29, 1.82) is 0 Å². The molecule has 6 heterocycles. The Labute approximate surface area is 353 Å². The van der Waals surface area contributed by atoms with Gasteiger partial charge in [-0.3, -0.25) is 4.90 Å². The van der Waals surface area contributed by atoms with Gasteiger partial charge in [-0.1, -0.05) is 24.3 Å². The van der Waals surface area contributed by atoms with E-state index < -0.39 is 70.6 Å². The van der Waals surface area contributed by atoms with E-state index in [2.05, 4.69) is 19.9 Å². The van der Waals surface area contributed by atoms with Crippen LogP contribution in [0.3, 0.4) is 0 Å². The van der Waals surface area contributed by atoms with Crippen LogP contribution in [0.4, 0.5) is 42.4 Å².